The van der Waals surface area contributed by atoms with Crippen LogP contribution in [0.2, 0.25) is 0 Å². The van der Waals surface area contributed by atoms with Crippen LogP contribution in [0, 0.1) is 11.6 Å². The Morgan fingerprint density at radius 2 is 1.63 bits per heavy atom. The summed E-state index contributed by atoms with van der Waals surface area (Å²) in [5.74, 6) is -0.299. The molecule has 150 valence electrons. The predicted molar refractivity (Wildman–Crippen MR) is 103 cm³/mol. The van der Waals surface area contributed by atoms with Crippen LogP contribution >= 0.6 is 0 Å². The van der Waals surface area contributed by atoms with E-state index in [1.807, 2.05) is 0 Å². The Morgan fingerprint density at radius 3 is 2.33 bits per heavy atom. The smallest absolute Gasteiger partial charge is 0.197 e. The Hall–Kier alpha value is -3.75. The average Bonchev–Trinajstić information content (AvgIpc) is 3.45. The highest BCUT2D eigenvalue weighted by Crippen LogP contribution is 2.54. The van der Waals surface area contributed by atoms with Gasteiger partial charge in [-0.15, -0.1) is 0 Å². The van der Waals surface area contributed by atoms with Crippen molar-refractivity contribution in [1.82, 2.24) is 29.7 Å². The maximum absolute atomic E-state index is 14.4. The molecule has 0 amide bonds. The minimum atomic E-state index is -0.947. The number of hydrogen-bond acceptors (Lipinski definition) is 6. The maximum atomic E-state index is 14.4. The molecule has 1 aromatic carbocycles. The number of aromatic nitrogens is 6. The van der Waals surface area contributed by atoms with Gasteiger partial charge in [0, 0.05) is 24.8 Å². The monoisotopic (exact) mass is 406 g/mol. The van der Waals surface area contributed by atoms with E-state index in [1.165, 1.54) is 30.3 Å². The van der Waals surface area contributed by atoms with Crippen LogP contribution < -0.4 is 4.74 Å². The Bertz CT molecular complexity index is 1200. The molecular formula is C21H16F2N6O. The van der Waals surface area contributed by atoms with Gasteiger partial charge in [0.2, 0.25) is 0 Å². The van der Waals surface area contributed by atoms with Crippen molar-refractivity contribution in [2.45, 2.75) is 18.3 Å². The number of rotatable bonds is 5. The highest BCUT2D eigenvalue weighted by atomic mass is 19.2. The molecule has 30 heavy (non-hydrogen) atoms. The van der Waals surface area contributed by atoms with Gasteiger partial charge in [-0.25, -0.2) is 33.4 Å². The van der Waals surface area contributed by atoms with E-state index in [2.05, 4.69) is 25.0 Å². The van der Waals surface area contributed by atoms with Crippen molar-refractivity contribution < 1.29 is 13.5 Å². The van der Waals surface area contributed by atoms with Crippen LogP contribution in [0.5, 0.6) is 5.75 Å². The van der Waals surface area contributed by atoms with Crippen molar-refractivity contribution in [1.29, 1.82) is 0 Å². The van der Waals surface area contributed by atoms with Crippen molar-refractivity contribution >= 4 is 0 Å². The molecule has 1 aliphatic carbocycles. The Kier molecular flexibility index (Phi) is 4.42. The van der Waals surface area contributed by atoms with Crippen molar-refractivity contribution in [3.63, 3.8) is 0 Å². The van der Waals surface area contributed by atoms with Crippen LogP contribution in [-0.4, -0.2) is 36.8 Å². The maximum Gasteiger partial charge on any atom is 0.197 e. The van der Waals surface area contributed by atoms with Gasteiger partial charge in [-0.2, -0.15) is 5.10 Å². The van der Waals surface area contributed by atoms with E-state index in [9.17, 15) is 8.78 Å². The molecule has 2 unspecified atom stereocenters. The topological polar surface area (TPSA) is 78.6 Å². The number of nitrogens with zero attached hydrogens (tertiary/aromatic N) is 6. The molecule has 0 spiro atoms. The lowest BCUT2D eigenvalue weighted by atomic mass is 10.1. The molecule has 9 heteroatoms. The van der Waals surface area contributed by atoms with E-state index in [4.69, 9.17) is 4.74 Å². The number of hydrogen-bond donors (Lipinski definition) is 0. The van der Waals surface area contributed by atoms with Crippen LogP contribution in [0.1, 0.15) is 29.4 Å². The van der Waals surface area contributed by atoms with Crippen LogP contribution in [-0.2, 0) is 0 Å². The lowest BCUT2D eigenvalue weighted by molar-refractivity contribution is 0.414. The van der Waals surface area contributed by atoms with Crippen molar-refractivity contribution in [2.75, 3.05) is 7.11 Å². The van der Waals surface area contributed by atoms with Gasteiger partial charge in [-0.3, -0.25) is 0 Å². The van der Waals surface area contributed by atoms with E-state index >= 15 is 0 Å². The number of halogens is 2. The summed E-state index contributed by atoms with van der Waals surface area (Å²) in [5, 5.41) is 4.05. The molecule has 0 N–H and O–H groups in total. The van der Waals surface area contributed by atoms with E-state index in [-0.39, 0.29) is 17.5 Å². The van der Waals surface area contributed by atoms with Crippen molar-refractivity contribution in [2.24, 2.45) is 0 Å². The lowest BCUT2D eigenvalue weighted by Gasteiger charge is -2.08. The van der Waals surface area contributed by atoms with Gasteiger partial charge in [0.05, 0.1) is 19.5 Å². The molecule has 1 saturated carbocycles. The van der Waals surface area contributed by atoms with Gasteiger partial charge in [-0.1, -0.05) is 0 Å². The van der Waals surface area contributed by atoms with Crippen molar-refractivity contribution in [3.05, 3.63) is 78.1 Å². The van der Waals surface area contributed by atoms with Crippen LogP contribution in [0.15, 0.2) is 55.4 Å². The van der Waals surface area contributed by atoms with Gasteiger partial charge >= 0.3 is 0 Å². The number of benzene rings is 1. The van der Waals surface area contributed by atoms with E-state index < -0.39 is 11.6 Å². The quantitative estimate of drug-likeness (QED) is 0.503. The van der Waals surface area contributed by atoms with Crippen LogP contribution in [0.25, 0.3) is 17.3 Å². The van der Waals surface area contributed by atoms with Gasteiger partial charge in [0.1, 0.15) is 5.69 Å². The lowest BCUT2D eigenvalue weighted by Crippen LogP contribution is -2.02. The summed E-state index contributed by atoms with van der Waals surface area (Å²) in [6, 6.07) is 4.60. The highest BCUT2D eigenvalue weighted by molar-refractivity contribution is 5.45. The molecular weight excluding hydrogens is 390 g/mol. The first-order chi connectivity index (χ1) is 14.6. The predicted octanol–water partition coefficient (Wildman–Crippen LogP) is 3.68. The molecule has 5 rings (SSSR count). The fourth-order valence-electron chi connectivity index (χ4n) is 3.51. The fourth-order valence-corrected chi connectivity index (χ4v) is 3.51. The molecule has 0 radical (unpaired) electrons. The second-order valence-corrected chi connectivity index (χ2v) is 7.02. The number of methoxy groups -OCH3 is 1. The normalized spacial score (nSPS) is 17.7. The second-order valence-electron chi connectivity index (χ2n) is 7.02. The van der Waals surface area contributed by atoms with Crippen LogP contribution in [0.4, 0.5) is 8.78 Å². The summed E-state index contributed by atoms with van der Waals surface area (Å²) in [6.07, 6.45) is 10.5. The summed E-state index contributed by atoms with van der Waals surface area (Å²) in [5.41, 5.74) is 1.69. The fraction of sp³-hybridized carbons (Fsp3) is 0.190. The minimum Gasteiger partial charge on any atom is -0.493 e. The largest absolute Gasteiger partial charge is 0.493 e. The molecule has 1 aliphatic rings. The third-order valence-corrected chi connectivity index (χ3v) is 5.16. The first-order valence-corrected chi connectivity index (χ1v) is 9.31. The molecule has 3 heterocycles. The molecule has 2 atom stereocenters. The zero-order chi connectivity index (χ0) is 20.7. The first kappa shape index (κ1) is 18.3. The summed E-state index contributed by atoms with van der Waals surface area (Å²) in [4.78, 5) is 17.0. The third kappa shape index (κ3) is 3.28. The molecule has 1 fully saturated rings. The minimum absolute atomic E-state index is 0.0479. The Morgan fingerprint density at radius 1 is 0.933 bits per heavy atom. The van der Waals surface area contributed by atoms with E-state index in [0.29, 0.717) is 23.0 Å². The second kappa shape index (κ2) is 7.25. The first-order valence-electron chi connectivity index (χ1n) is 9.31. The summed E-state index contributed by atoms with van der Waals surface area (Å²) in [7, 11) is 1.49. The van der Waals surface area contributed by atoms with Crippen molar-refractivity contribution in [3.8, 4) is 23.1 Å². The van der Waals surface area contributed by atoms with Gasteiger partial charge in [-0.05, 0) is 47.6 Å². The summed E-state index contributed by atoms with van der Waals surface area (Å²) in [6.45, 7) is 0. The molecule has 0 saturated heterocycles. The standard InChI is InChI=1S/C21H16F2N6O/c1-30-14-10-28-29(11-14)18-6-12(5-17(22)19(18)23)15-7-16(15)13-8-26-21(27-9-13)20-24-3-2-4-25-20/h2-6,8-11,15-16H,7H2,1H3. The zero-order valence-corrected chi connectivity index (χ0v) is 15.9. The van der Waals surface area contributed by atoms with Gasteiger partial charge in [0.25, 0.3) is 0 Å². The molecule has 0 aliphatic heterocycles. The third-order valence-electron chi connectivity index (χ3n) is 5.16. The molecule has 3 aromatic heterocycles. The zero-order valence-electron chi connectivity index (χ0n) is 15.9. The molecule has 0 bridgehead atoms. The summed E-state index contributed by atoms with van der Waals surface area (Å²) < 4.78 is 35.0. The Labute approximate surface area is 170 Å². The van der Waals surface area contributed by atoms with Crippen LogP contribution in [0.3, 0.4) is 0 Å². The van der Waals surface area contributed by atoms with E-state index in [0.717, 1.165) is 12.0 Å². The Balaban J connectivity index is 1.40. The van der Waals surface area contributed by atoms with Gasteiger partial charge in [0.15, 0.2) is 29.0 Å². The van der Waals surface area contributed by atoms with Gasteiger partial charge < -0.3 is 4.74 Å². The van der Waals surface area contributed by atoms with E-state index in [1.54, 1.807) is 36.9 Å². The molecule has 7 nitrogen and oxygen atoms in total. The molecule has 4 aromatic rings. The number of ether oxygens (including phenoxy) is 1. The average molecular weight is 406 g/mol. The summed E-state index contributed by atoms with van der Waals surface area (Å²) >= 11 is 0. The highest BCUT2D eigenvalue weighted by Gasteiger charge is 2.41. The SMILES string of the molecule is COc1cnn(-c2cc(C3CC3c3cnc(-c4ncccn4)nc3)cc(F)c2F)c1.